The minimum atomic E-state index is -0.528. The molecule has 0 saturated heterocycles. The number of phenols is 2. The number of aromatic hydroxyl groups is 2. The van der Waals surface area contributed by atoms with Gasteiger partial charge in [-0.25, -0.2) is 9.97 Å². The van der Waals surface area contributed by atoms with Crippen LogP contribution in [0.4, 0.5) is 0 Å². The zero-order valence-electron chi connectivity index (χ0n) is 35.9. The van der Waals surface area contributed by atoms with Gasteiger partial charge in [0.2, 0.25) is 0 Å². The molecule has 67 heavy (non-hydrogen) atoms. The number of para-hydroxylation sites is 2. The number of rotatable bonds is 9. The third kappa shape index (κ3) is 7.17. The molecular weight excluding hydrogens is 862 g/mol. The number of nitrogens with zero attached hydrogens (tertiary/aromatic N) is 6. The molecule has 11 rings (SSSR count). The predicted octanol–water partition coefficient (Wildman–Crippen LogP) is 8.88. The number of nitriles is 2. The van der Waals surface area contributed by atoms with Crippen LogP contribution in [0.5, 0.6) is 11.5 Å². The van der Waals surface area contributed by atoms with Gasteiger partial charge in [0.05, 0.1) is 31.1 Å². The highest BCUT2D eigenvalue weighted by atomic mass is 32.1. The molecule has 0 atom stereocenters. The fourth-order valence-corrected chi connectivity index (χ4v) is 11.3. The molecule has 0 fully saturated rings. The van der Waals surface area contributed by atoms with Crippen molar-refractivity contribution in [3.05, 3.63) is 209 Å². The molecule has 0 aliphatic rings. The first kappa shape index (κ1) is 41.3. The first-order valence-electron chi connectivity index (χ1n) is 21.7. The van der Waals surface area contributed by atoms with Crippen LogP contribution in [0.1, 0.15) is 10.0 Å². The second-order valence-electron chi connectivity index (χ2n) is 16.2. The van der Waals surface area contributed by atoms with Gasteiger partial charge in [-0.2, -0.15) is 10.5 Å². The molecule has 0 aliphatic carbocycles. The fraction of sp³-hybridized carbons (Fsp3) is 0.0182. The van der Waals surface area contributed by atoms with Crippen LogP contribution in [0, 0.1) is 22.7 Å². The van der Waals surface area contributed by atoms with Crippen LogP contribution in [-0.4, -0.2) is 42.8 Å². The second kappa shape index (κ2) is 17.2. The van der Waals surface area contributed by atoms with Crippen LogP contribution >= 0.6 is 22.7 Å². The van der Waals surface area contributed by atoms with Crippen molar-refractivity contribution in [2.24, 2.45) is 0 Å². The molecule has 0 bridgehead atoms. The van der Waals surface area contributed by atoms with E-state index in [2.05, 4.69) is 64.3 Å². The summed E-state index contributed by atoms with van der Waals surface area (Å²) in [5, 5.41) is 49.1. The molecule has 0 aliphatic heterocycles. The quantitative estimate of drug-likeness (QED) is 0.140. The Morgan fingerprint density at radius 3 is 1.27 bits per heavy atom. The summed E-state index contributed by atoms with van der Waals surface area (Å²) >= 11 is 2.92. The lowest BCUT2D eigenvalue weighted by atomic mass is 9.50. The Labute approximate surface area is 394 Å². The molecule has 316 valence electrons. The van der Waals surface area contributed by atoms with Crippen LogP contribution in [-0.2, 0) is 0 Å². The van der Waals surface area contributed by atoms with Crippen LogP contribution in [0.2, 0.25) is 6.82 Å². The van der Waals surface area contributed by atoms with Crippen molar-refractivity contribution in [3.8, 4) is 46.2 Å². The molecule has 4 heterocycles. The van der Waals surface area contributed by atoms with Crippen LogP contribution in [0.3, 0.4) is 0 Å². The maximum absolute atomic E-state index is 11.9. The van der Waals surface area contributed by atoms with E-state index in [4.69, 9.17) is 9.97 Å². The van der Waals surface area contributed by atoms with Crippen LogP contribution in [0.15, 0.2) is 188 Å². The fourth-order valence-electron chi connectivity index (χ4n) is 9.35. The van der Waals surface area contributed by atoms with Gasteiger partial charge in [0.25, 0.3) is 6.85 Å². The average molecular weight is 899 g/mol. The van der Waals surface area contributed by atoms with Gasteiger partial charge in [0.15, 0.2) is 0 Å². The SMILES string of the molecule is CB(c1ccccc1)n1c(-c2ccc(O)cc2)c2/c(=C(\C#N)c3nc4ccccc4s3)n(B(c3ccccc3)c3ccccc3)c(-c3ccc(O)cc3)c2/c1=C(\C#N)c1nc2ccccc2s1. The minimum absolute atomic E-state index is 0.0961. The van der Waals surface area contributed by atoms with E-state index in [1.54, 1.807) is 24.3 Å². The molecule has 0 spiro atoms. The standard InChI is InChI=1S/C55H36B2N6O2S2/c1-56(37-15-5-2-6-16-37)62-50(35-25-29-40(64)30-26-35)48-49(52(62)42(33-58)54-60-44-21-11-13-23-46(44)66-54)51(36-27-31-41(65)32-28-36)63(57(38-17-7-3-8-18-38)39-19-9-4-10-20-39)53(48)43(34-59)55-61-45-22-12-14-24-47(45)67-55/h2-32,64-65H,1H3/b52-42-,53-43-. The Morgan fingerprint density at radius 1 is 0.478 bits per heavy atom. The van der Waals surface area contributed by atoms with Crippen molar-refractivity contribution in [2.45, 2.75) is 6.82 Å². The molecule has 12 heteroatoms. The number of benzene rings is 7. The van der Waals surface area contributed by atoms with Gasteiger partial charge in [0, 0.05) is 22.2 Å². The molecule has 0 radical (unpaired) electrons. The smallest absolute Gasteiger partial charge is 0.328 e. The summed E-state index contributed by atoms with van der Waals surface area (Å²) in [6.45, 7) is 1.22. The van der Waals surface area contributed by atoms with E-state index in [0.717, 1.165) is 59.3 Å². The van der Waals surface area contributed by atoms with Gasteiger partial charge < -0.3 is 19.2 Å². The largest absolute Gasteiger partial charge is 0.508 e. The zero-order valence-corrected chi connectivity index (χ0v) is 37.6. The second-order valence-corrected chi connectivity index (χ2v) is 18.3. The van der Waals surface area contributed by atoms with E-state index in [0.29, 0.717) is 42.6 Å². The Bertz CT molecular complexity index is 3770. The van der Waals surface area contributed by atoms with Crippen molar-refractivity contribution in [3.63, 3.8) is 0 Å². The van der Waals surface area contributed by atoms with E-state index in [9.17, 15) is 20.7 Å². The molecular formula is C55H36B2N6O2S2. The van der Waals surface area contributed by atoms with Gasteiger partial charge in [-0.05, 0) is 83.9 Å². The summed E-state index contributed by atoms with van der Waals surface area (Å²) in [7, 11) is 0. The van der Waals surface area contributed by atoms with E-state index in [-0.39, 0.29) is 18.3 Å². The Balaban J connectivity index is 1.50. The third-order valence-electron chi connectivity index (χ3n) is 12.3. The lowest BCUT2D eigenvalue weighted by molar-refractivity contribution is 0.475. The van der Waals surface area contributed by atoms with Crippen LogP contribution in [0.25, 0.3) is 64.9 Å². The average Bonchev–Trinajstić information content (AvgIpc) is 4.15. The highest BCUT2D eigenvalue weighted by Gasteiger charge is 2.36. The van der Waals surface area contributed by atoms with E-state index in [1.165, 1.54) is 22.7 Å². The first-order chi connectivity index (χ1) is 32.9. The first-order valence-corrected chi connectivity index (χ1v) is 23.4. The molecule has 0 saturated carbocycles. The zero-order chi connectivity index (χ0) is 45.6. The van der Waals surface area contributed by atoms with Gasteiger partial charge in [-0.1, -0.05) is 138 Å². The number of aromatic nitrogens is 4. The summed E-state index contributed by atoms with van der Waals surface area (Å²) in [5.41, 5.74) is 8.13. The maximum atomic E-state index is 11.9. The Kier molecular flexibility index (Phi) is 10.6. The normalized spacial score (nSPS) is 12.2. The molecule has 11 aromatic rings. The lowest BCUT2D eigenvalue weighted by Gasteiger charge is -2.23. The van der Waals surface area contributed by atoms with Crippen molar-refractivity contribution in [2.75, 3.05) is 0 Å². The van der Waals surface area contributed by atoms with Gasteiger partial charge in [-0.15, -0.1) is 22.7 Å². The van der Waals surface area contributed by atoms with Crippen molar-refractivity contribution < 1.29 is 10.2 Å². The van der Waals surface area contributed by atoms with Crippen LogP contribution < -0.4 is 27.1 Å². The minimum Gasteiger partial charge on any atom is -0.508 e. The third-order valence-corrected chi connectivity index (χ3v) is 14.4. The molecule has 0 amide bonds. The summed E-state index contributed by atoms with van der Waals surface area (Å²) in [6, 6.07) is 66.1. The van der Waals surface area contributed by atoms with E-state index < -0.39 is 6.85 Å². The monoisotopic (exact) mass is 898 g/mol. The predicted molar refractivity (Wildman–Crippen MR) is 275 cm³/mol. The topological polar surface area (TPSA) is 124 Å². The summed E-state index contributed by atoms with van der Waals surface area (Å²) in [5.74, 6) is 0.196. The van der Waals surface area contributed by atoms with E-state index >= 15 is 0 Å². The highest BCUT2D eigenvalue weighted by Crippen LogP contribution is 2.38. The lowest BCUT2D eigenvalue weighted by Crippen LogP contribution is -2.53. The van der Waals surface area contributed by atoms with Gasteiger partial charge in [-0.3, -0.25) is 0 Å². The number of hydrogen-bond acceptors (Lipinski definition) is 8. The molecule has 0 unspecified atom stereocenters. The summed E-state index contributed by atoms with van der Waals surface area (Å²) < 4.78 is 6.36. The molecule has 7 aromatic carbocycles. The molecule has 2 N–H and O–H groups in total. The number of fused-ring (bicyclic) bond motifs is 3. The van der Waals surface area contributed by atoms with Crippen molar-refractivity contribution >= 4 is 95.1 Å². The summed E-state index contributed by atoms with van der Waals surface area (Å²) in [4.78, 5) is 10.3. The Hall–Kier alpha value is -8.41. The summed E-state index contributed by atoms with van der Waals surface area (Å²) in [6.07, 6.45) is 0. The number of thiazole rings is 2. The van der Waals surface area contributed by atoms with E-state index in [1.807, 2.05) is 127 Å². The number of hydrogen-bond donors (Lipinski definition) is 2. The Morgan fingerprint density at radius 2 is 0.851 bits per heavy atom. The van der Waals surface area contributed by atoms with Gasteiger partial charge >= 0.3 is 6.85 Å². The van der Waals surface area contributed by atoms with Crippen molar-refractivity contribution in [1.29, 1.82) is 10.5 Å². The maximum Gasteiger partial charge on any atom is 0.328 e. The van der Waals surface area contributed by atoms with Gasteiger partial charge in [0.1, 0.15) is 44.8 Å². The van der Waals surface area contributed by atoms with Crippen molar-refractivity contribution in [1.82, 2.24) is 18.9 Å². The molecule has 4 aromatic heterocycles. The highest BCUT2D eigenvalue weighted by molar-refractivity contribution is 7.20. The molecule has 8 nitrogen and oxygen atoms in total. The number of phenolic OH excluding ortho intramolecular Hbond substituents is 2.